The maximum atomic E-state index is 13.3. The van der Waals surface area contributed by atoms with Crippen LogP contribution in [0.2, 0.25) is 0 Å². The summed E-state index contributed by atoms with van der Waals surface area (Å²) < 4.78 is 27.8. The van der Waals surface area contributed by atoms with E-state index in [2.05, 4.69) is 15.6 Å². The highest BCUT2D eigenvalue weighted by atomic mass is 19.2. The number of aromatic nitrogens is 3. The quantitative estimate of drug-likeness (QED) is 0.799. The number of benzene rings is 1. The average Bonchev–Trinajstić information content (AvgIpc) is 2.83. The van der Waals surface area contributed by atoms with Gasteiger partial charge in [-0.1, -0.05) is 17.3 Å². The van der Waals surface area contributed by atoms with E-state index in [0.717, 1.165) is 6.07 Å². The van der Waals surface area contributed by atoms with Crippen LogP contribution in [0, 0.1) is 11.6 Å². The fourth-order valence-corrected chi connectivity index (χ4v) is 1.45. The van der Waals surface area contributed by atoms with Crippen LogP contribution in [-0.2, 0) is 13.1 Å². The monoisotopic (exact) mass is 238 g/mol. The molecule has 0 bridgehead atoms. The molecule has 1 heterocycles. The molecule has 1 aromatic heterocycles. The summed E-state index contributed by atoms with van der Waals surface area (Å²) in [6.45, 7) is 1.54. The molecule has 0 aliphatic heterocycles. The van der Waals surface area contributed by atoms with Crippen molar-refractivity contribution in [1.82, 2.24) is 20.3 Å². The molecule has 6 heteroatoms. The van der Waals surface area contributed by atoms with Crippen LogP contribution in [-0.4, -0.2) is 21.5 Å². The van der Waals surface area contributed by atoms with Gasteiger partial charge in [0, 0.05) is 24.8 Å². The summed E-state index contributed by atoms with van der Waals surface area (Å²) in [5.74, 6) is -1.61. The van der Waals surface area contributed by atoms with Crippen LogP contribution < -0.4 is 5.32 Å². The first-order valence-electron chi connectivity index (χ1n) is 5.25. The Balaban J connectivity index is 1.80. The molecule has 1 N–H and O–H groups in total. The normalized spacial score (nSPS) is 10.7. The summed E-state index contributed by atoms with van der Waals surface area (Å²) in [7, 11) is 0. The highest BCUT2D eigenvalue weighted by Crippen LogP contribution is 2.10. The van der Waals surface area contributed by atoms with Gasteiger partial charge in [0.2, 0.25) is 0 Å². The Bertz CT molecular complexity index is 470. The van der Waals surface area contributed by atoms with E-state index in [1.165, 1.54) is 6.07 Å². The third-order valence-corrected chi connectivity index (χ3v) is 2.34. The molecule has 0 aliphatic rings. The number of nitrogens with one attached hydrogen (secondary N) is 1. The van der Waals surface area contributed by atoms with Crippen molar-refractivity contribution < 1.29 is 8.78 Å². The van der Waals surface area contributed by atoms with Crippen molar-refractivity contribution in [3.63, 3.8) is 0 Å². The van der Waals surface area contributed by atoms with Gasteiger partial charge in [-0.25, -0.2) is 8.78 Å². The second-order valence-corrected chi connectivity index (χ2v) is 3.56. The molecular weight excluding hydrogens is 226 g/mol. The van der Waals surface area contributed by atoms with Crippen molar-refractivity contribution in [3.8, 4) is 0 Å². The zero-order valence-electron chi connectivity index (χ0n) is 9.11. The summed E-state index contributed by atoms with van der Waals surface area (Å²) >= 11 is 0. The number of halogens is 2. The Morgan fingerprint density at radius 3 is 2.94 bits per heavy atom. The van der Waals surface area contributed by atoms with Crippen LogP contribution in [0.3, 0.4) is 0 Å². The summed E-state index contributed by atoms with van der Waals surface area (Å²) in [6.07, 6.45) is 3.33. The van der Waals surface area contributed by atoms with Crippen LogP contribution >= 0.6 is 0 Å². The van der Waals surface area contributed by atoms with E-state index in [-0.39, 0.29) is 6.54 Å². The minimum atomic E-state index is -0.819. The molecule has 0 saturated heterocycles. The Labute approximate surface area is 97.3 Å². The van der Waals surface area contributed by atoms with Crippen molar-refractivity contribution in [2.75, 3.05) is 6.54 Å². The molecule has 90 valence electrons. The van der Waals surface area contributed by atoms with Gasteiger partial charge in [-0.15, -0.1) is 5.10 Å². The molecule has 0 radical (unpaired) electrons. The standard InChI is InChI=1S/C11H12F2N4/c12-10-3-1-2-9(11(10)13)8-14-4-6-17-7-5-15-16-17/h1-3,5,7,14H,4,6,8H2. The first kappa shape index (κ1) is 11.7. The Morgan fingerprint density at radius 1 is 1.29 bits per heavy atom. The lowest BCUT2D eigenvalue weighted by Gasteiger charge is -2.06. The molecule has 0 fully saturated rings. The highest BCUT2D eigenvalue weighted by molar-refractivity contribution is 5.18. The average molecular weight is 238 g/mol. The van der Waals surface area contributed by atoms with Crippen molar-refractivity contribution >= 4 is 0 Å². The van der Waals surface area contributed by atoms with E-state index in [4.69, 9.17) is 0 Å². The second-order valence-electron chi connectivity index (χ2n) is 3.56. The van der Waals surface area contributed by atoms with Gasteiger partial charge in [0.25, 0.3) is 0 Å². The third kappa shape index (κ3) is 3.07. The number of hydrogen-bond donors (Lipinski definition) is 1. The van der Waals surface area contributed by atoms with Gasteiger partial charge in [0.15, 0.2) is 11.6 Å². The Morgan fingerprint density at radius 2 is 2.18 bits per heavy atom. The van der Waals surface area contributed by atoms with E-state index < -0.39 is 11.6 Å². The fraction of sp³-hybridized carbons (Fsp3) is 0.273. The Kier molecular flexibility index (Phi) is 3.77. The van der Waals surface area contributed by atoms with Gasteiger partial charge in [0.05, 0.1) is 12.7 Å². The largest absolute Gasteiger partial charge is 0.311 e. The predicted octanol–water partition coefficient (Wildman–Crippen LogP) is 1.35. The highest BCUT2D eigenvalue weighted by Gasteiger charge is 2.06. The molecule has 0 unspecified atom stereocenters. The SMILES string of the molecule is Fc1cccc(CNCCn2ccnn2)c1F. The fourth-order valence-electron chi connectivity index (χ4n) is 1.45. The molecule has 2 aromatic rings. The molecule has 4 nitrogen and oxygen atoms in total. The molecule has 0 atom stereocenters. The zero-order chi connectivity index (χ0) is 12.1. The van der Waals surface area contributed by atoms with Gasteiger partial charge in [-0.3, -0.25) is 4.68 Å². The summed E-state index contributed by atoms with van der Waals surface area (Å²) in [5.41, 5.74) is 0.323. The zero-order valence-corrected chi connectivity index (χ0v) is 9.11. The molecule has 2 rings (SSSR count). The minimum Gasteiger partial charge on any atom is -0.311 e. The maximum Gasteiger partial charge on any atom is 0.163 e. The van der Waals surface area contributed by atoms with Crippen molar-refractivity contribution in [2.45, 2.75) is 13.1 Å². The van der Waals surface area contributed by atoms with E-state index >= 15 is 0 Å². The summed E-state index contributed by atoms with van der Waals surface area (Å²) in [6, 6.07) is 4.15. The lowest BCUT2D eigenvalue weighted by Crippen LogP contribution is -2.20. The molecular formula is C11H12F2N4. The van der Waals surface area contributed by atoms with Crippen LogP contribution in [0.1, 0.15) is 5.56 Å². The molecule has 0 aliphatic carbocycles. The van der Waals surface area contributed by atoms with Crippen LogP contribution in [0.15, 0.2) is 30.6 Å². The second kappa shape index (κ2) is 5.49. The lowest BCUT2D eigenvalue weighted by atomic mass is 10.2. The number of rotatable bonds is 5. The van der Waals surface area contributed by atoms with E-state index in [0.29, 0.717) is 18.7 Å². The maximum absolute atomic E-state index is 13.3. The van der Waals surface area contributed by atoms with Crippen molar-refractivity contribution in [2.24, 2.45) is 0 Å². The topological polar surface area (TPSA) is 42.7 Å². The molecule has 17 heavy (non-hydrogen) atoms. The van der Waals surface area contributed by atoms with Crippen molar-refractivity contribution in [3.05, 3.63) is 47.8 Å². The van der Waals surface area contributed by atoms with Gasteiger partial charge in [-0.2, -0.15) is 0 Å². The smallest absolute Gasteiger partial charge is 0.163 e. The van der Waals surface area contributed by atoms with Gasteiger partial charge >= 0.3 is 0 Å². The van der Waals surface area contributed by atoms with Crippen LogP contribution in [0.25, 0.3) is 0 Å². The third-order valence-electron chi connectivity index (χ3n) is 2.34. The van der Waals surface area contributed by atoms with Gasteiger partial charge < -0.3 is 5.32 Å². The lowest BCUT2D eigenvalue weighted by molar-refractivity contribution is 0.486. The van der Waals surface area contributed by atoms with E-state index in [9.17, 15) is 8.78 Å². The molecule has 0 amide bonds. The molecule has 0 saturated carbocycles. The first-order chi connectivity index (χ1) is 8.27. The summed E-state index contributed by atoms with van der Waals surface area (Å²) in [4.78, 5) is 0. The van der Waals surface area contributed by atoms with Crippen LogP contribution in [0.5, 0.6) is 0 Å². The molecule has 0 spiro atoms. The first-order valence-corrected chi connectivity index (χ1v) is 5.25. The van der Waals surface area contributed by atoms with Crippen molar-refractivity contribution in [1.29, 1.82) is 0 Å². The van der Waals surface area contributed by atoms with Gasteiger partial charge in [-0.05, 0) is 6.07 Å². The molecule has 1 aromatic carbocycles. The number of nitrogens with zero attached hydrogens (tertiary/aromatic N) is 3. The Hall–Kier alpha value is -1.82. The number of hydrogen-bond acceptors (Lipinski definition) is 3. The predicted molar refractivity (Wildman–Crippen MR) is 58.1 cm³/mol. The van der Waals surface area contributed by atoms with E-state index in [1.54, 1.807) is 23.1 Å². The van der Waals surface area contributed by atoms with E-state index in [1.807, 2.05) is 0 Å². The van der Waals surface area contributed by atoms with Gasteiger partial charge in [0.1, 0.15) is 0 Å². The minimum absolute atomic E-state index is 0.290. The summed E-state index contributed by atoms with van der Waals surface area (Å²) in [5, 5.41) is 10.5. The van der Waals surface area contributed by atoms with Crippen LogP contribution in [0.4, 0.5) is 8.78 Å².